The van der Waals surface area contributed by atoms with E-state index in [0.717, 1.165) is 17.9 Å². The molecule has 5 nitrogen and oxygen atoms in total. The van der Waals surface area contributed by atoms with Gasteiger partial charge in [-0.15, -0.1) is 0 Å². The lowest BCUT2D eigenvalue weighted by Gasteiger charge is -2.14. The van der Waals surface area contributed by atoms with Gasteiger partial charge in [-0.25, -0.2) is 4.98 Å². The number of aryl methyl sites for hydroxylation is 1. The summed E-state index contributed by atoms with van der Waals surface area (Å²) >= 11 is 0. The topological polar surface area (TPSA) is 75.1 Å². The van der Waals surface area contributed by atoms with E-state index in [1.54, 1.807) is 12.4 Å². The fourth-order valence-corrected chi connectivity index (χ4v) is 1.41. The highest BCUT2D eigenvalue weighted by molar-refractivity contribution is 5.66. The Morgan fingerprint density at radius 1 is 1.50 bits per heavy atom. The summed E-state index contributed by atoms with van der Waals surface area (Å²) in [7, 11) is 0. The van der Waals surface area contributed by atoms with Crippen LogP contribution >= 0.6 is 0 Å². The minimum atomic E-state index is -0.747. The van der Waals surface area contributed by atoms with Gasteiger partial charge in [0.2, 0.25) is 0 Å². The summed E-state index contributed by atoms with van der Waals surface area (Å²) in [6.07, 6.45) is 4.98. The smallest absolute Gasteiger partial charge is 0.303 e. The second-order valence-electron chi connectivity index (χ2n) is 3.82. The number of carboxylic acids is 1. The van der Waals surface area contributed by atoms with Crippen LogP contribution in [0.5, 0.6) is 0 Å². The maximum Gasteiger partial charge on any atom is 0.303 e. The lowest BCUT2D eigenvalue weighted by atomic mass is 10.1. The molecule has 1 aromatic rings. The van der Waals surface area contributed by atoms with Crippen molar-refractivity contribution in [2.24, 2.45) is 0 Å². The van der Waals surface area contributed by atoms with Crippen LogP contribution < -0.4 is 5.32 Å². The van der Waals surface area contributed by atoms with E-state index in [4.69, 9.17) is 5.11 Å². The Balaban J connectivity index is 2.37. The Bertz CT molecular complexity index is 355. The first-order valence-corrected chi connectivity index (χ1v) is 5.35. The van der Waals surface area contributed by atoms with Crippen LogP contribution in [0, 0.1) is 6.92 Å². The summed E-state index contributed by atoms with van der Waals surface area (Å²) < 4.78 is 0. The first-order valence-electron chi connectivity index (χ1n) is 5.35. The first-order chi connectivity index (χ1) is 7.59. The molecule has 0 aliphatic rings. The maximum absolute atomic E-state index is 10.4. The van der Waals surface area contributed by atoms with E-state index >= 15 is 0 Å². The Morgan fingerprint density at radius 2 is 2.19 bits per heavy atom. The molecule has 2 N–H and O–H groups in total. The second kappa shape index (κ2) is 6.05. The van der Waals surface area contributed by atoms with Crippen molar-refractivity contribution in [1.82, 2.24) is 9.97 Å². The van der Waals surface area contributed by atoms with E-state index in [2.05, 4.69) is 15.3 Å². The zero-order valence-electron chi connectivity index (χ0n) is 9.60. The highest BCUT2D eigenvalue weighted by Gasteiger charge is 2.06. The number of carboxylic acid groups (broad SMARTS) is 1. The molecule has 1 heterocycles. The predicted molar refractivity (Wildman–Crippen MR) is 61.3 cm³/mol. The van der Waals surface area contributed by atoms with E-state index in [-0.39, 0.29) is 12.5 Å². The molecular weight excluding hydrogens is 206 g/mol. The van der Waals surface area contributed by atoms with Crippen LogP contribution in [0.25, 0.3) is 0 Å². The summed E-state index contributed by atoms with van der Waals surface area (Å²) in [5, 5.41) is 11.7. The Morgan fingerprint density at radius 3 is 2.81 bits per heavy atom. The Hall–Kier alpha value is -1.65. The number of hydrogen-bond donors (Lipinski definition) is 2. The normalized spacial score (nSPS) is 12.1. The molecule has 1 atom stereocenters. The molecule has 0 aliphatic carbocycles. The fraction of sp³-hybridized carbons (Fsp3) is 0.545. The number of rotatable bonds is 6. The van der Waals surface area contributed by atoms with Gasteiger partial charge in [0.05, 0.1) is 5.69 Å². The van der Waals surface area contributed by atoms with Gasteiger partial charge in [0.25, 0.3) is 0 Å². The number of anilines is 1. The quantitative estimate of drug-likeness (QED) is 0.769. The van der Waals surface area contributed by atoms with E-state index in [0.29, 0.717) is 6.42 Å². The average Bonchev–Trinajstić information content (AvgIpc) is 2.21. The molecule has 0 fully saturated rings. The molecule has 1 unspecified atom stereocenters. The van der Waals surface area contributed by atoms with Crippen LogP contribution in [-0.4, -0.2) is 27.1 Å². The van der Waals surface area contributed by atoms with Crippen molar-refractivity contribution in [3.63, 3.8) is 0 Å². The molecule has 0 aromatic carbocycles. The third kappa shape index (κ3) is 4.25. The summed E-state index contributed by atoms with van der Waals surface area (Å²) in [6, 6.07) is 0.203. The molecule has 0 spiro atoms. The number of nitrogens with zero attached hydrogens (tertiary/aromatic N) is 2. The molecule has 16 heavy (non-hydrogen) atoms. The van der Waals surface area contributed by atoms with Gasteiger partial charge in [0.1, 0.15) is 5.82 Å². The molecule has 1 rings (SSSR count). The van der Waals surface area contributed by atoms with E-state index < -0.39 is 5.97 Å². The molecule has 1 aromatic heterocycles. The van der Waals surface area contributed by atoms with Crippen molar-refractivity contribution in [1.29, 1.82) is 0 Å². The van der Waals surface area contributed by atoms with E-state index in [9.17, 15) is 4.79 Å². The van der Waals surface area contributed by atoms with Crippen LogP contribution in [0.2, 0.25) is 0 Å². The zero-order valence-corrected chi connectivity index (χ0v) is 9.60. The number of hydrogen-bond acceptors (Lipinski definition) is 4. The lowest BCUT2D eigenvalue weighted by molar-refractivity contribution is -0.137. The summed E-state index contributed by atoms with van der Waals surface area (Å²) in [5.41, 5.74) is 0.854. The summed E-state index contributed by atoms with van der Waals surface area (Å²) in [4.78, 5) is 18.6. The highest BCUT2D eigenvalue weighted by atomic mass is 16.4. The predicted octanol–water partition coefficient (Wildman–Crippen LogP) is 1.84. The van der Waals surface area contributed by atoms with Crippen molar-refractivity contribution in [2.45, 2.75) is 39.2 Å². The summed E-state index contributed by atoms with van der Waals surface area (Å²) in [5.74, 6) is 0.0215. The third-order valence-corrected chi connectivity index (χ3v) is 2.29. The molecule has 5 heteroatoms. The standard InChI is InChI=1S/C11H17N3O2/c1-8(4-3-5-10(15)16)14-11-9(2)12-6-7-13-11/h6-8H,3-5H2,1-2H3,(H,13,14)(H,15,16). The van der Waals surface area contributed by atoms with Crippen LogP contribution in [0.1, 0.15) is 31.9 Å². The maximum atomic E-state index is 10.4. The minimum Gasteiger partial charge on any atom is -0.481 e. The second-order valence-corrected chi connectivity index (χ2v) is 3.82. The van der Waals surface area contributed by atoms with Crippen LogP contribution in [0.4, 0.5) is 5.82 Å². The van der Waals surface area contributed by atoms with Gasteiger partial charge in [0.15, 0.2) is 0 Å². The van der Waals surface area contributed by atoms with Gasteiger partial charge in [-0.2, -0.15) is 0 Å². The van der Waals surface area contributed by atoms with Crippen molar-refractivity contribution in [3.05, 3.63) is 18.1 Å². The van der Waals surface area contributed by atoms with Gasteiger partial charge in [-0.05, 0) is 26.7 Å². The Labute approximate surface area is 94.9 Å². The average molecular weight is 223 g/mol. The monoisotopic (exact) mass is 223 g/mol. The van der Waals surface area contributed by atoms with Gasteiger partial charge >= 0.3 is 5.97 Å². The number of aliphatic carboxylic acids is 1. The van der Waals surface area contributed by atoms with E-state index in [1.165, 1.54) is 0 Å². The molecule has 0 bridgehead atoms. The highest BCUT2D eigenvalue weighted by Crippen LogP contribution is 2.10. The molecular formula is C11H17N3O2. The first kappa shape index (κ1) is 12.4. The molecule has 0 saturated heterocycles. The van der Waals surface area contributed by atoms with Crippen molar-refractivity contribution in [3.8, 4) is 0 Å². The number of aromatic nitrogens is 2. The molecule has 0 aliphatic heterocycles. The van der Waals surface area contributed by atoms with Crippen molar-refractivity contribution < 1.29 is 9.90 Å². The van der Waals surface area contributed by atoms with E-state index in [1.807, 2.05) is 13.8 Å². The number of carbonyl (C=O) groups is 1. The lowest BCUT2D eigenvalue weighted by Crippen LogP contribution is -2.17. The number of nitrogens with one attached hydrogen (secondary N) is 1. The third-order valence-electron chi connectivity index (χ3n) is 2.29. The van der Waals surface area contributed by atoms with Gasteiger partial charge < -0.3 is 10.4 Å². The molecule has 0 saturated carbocycles. The molecule has 88 valence electrons. The van der Waals surface area contributed by atoms with Gasteiger partial charge in [-0.1, -0.05) is 0 Å². The van der Waals surface area contributed by atoms with Gasteiger partial charge in [0, 0.05) is 24.9 Å². The van der Waals surface area contributed by atoms with Crippen molar-refractivity contribution >= 4 is 11.8 Å². The summed E-state index contributed by atoms with van der Waals surface area (Å²) in [6.45, 7) is 3.90. The fourth-order valence-electron chi connectivity index (χ4n) is 1.41. The molecule has 0 radical (unpaired) electrons. The molecule has 0 amide bonds. The Kier molecular flexibility index (Phi) is 4.69. The van der Waals surface area contributed by atoms with Crippen LogP contribution in [0.15, 0.2) is 12.4 Å². The van der Waals surface area contributed by atoms with Crippen molar-refractivity contribution in [2.75, 3.05) is 5.32 Å². The van der Waals surface area contributed by atoms with Crippen LogP contribution in [0.3, 0.4) is 0 Å². The SMILES string of the molecule is Cc1nccnc1NC(C)CCCC(=O)O. The van der Waals surface area contributed by atoms with Crippen LogP contribution in [-0.2, 0) is 4.79 Å². The largest absolute Gasteiger partial charge is 0.481 e. The zero-order chi connectivity index (χ0) is 12.0. The minimum absolute atomic E-state index is 0.203. The van der Waals surface area contributed by atoms with Gasteiger partial charge in [-0.3, -0.25) is 9.78 Å².